The van der Waals surface area contributed by atoms with Gasteiger partial charge in [-0.05, 0) is 18.1 Å². The molecule has 1 aromatic carbocycles. The molecule has 0 unspecified atom stereocenters. The van der Waals surface area contributed by atoms with E-state index in [0.717, 1.165) is 11.8 Å². The Morgan fingerprint density at radius 3 is 2.60 bits per heavy atom. The van der Waals surface area contributed by atoms with E-state index in [1.807, 2.05) is 6.07 Å². The fourth-order valence-electron chi connectivity index (χ4n) is 1.37. The van der Waals surface area contributed by atoms with Crippen LogP contribution in [0.4, 0.5) is 0 Å². The summed E-state index contributed by atoms with van der Waals surface area (Å²) in [7, 11) is 3.09. The number of ether oxygens (including phenoxy) is 2. The monoisotopic (exact) mass is 228 g/mol. The van der Waals surface area contributed by atoms with Crippen molar-refractivity contribution in [2.75, 3.05) is 14.2 Å². The van der Waals surface area contributed by atoms with Crippen LogP contribution in [-0.2, 0) is 11.2 Å². The molecule has 0 spiro atoms. The zero-order valence-corrected chi connectivity index (χ0v) is 9.50. The van der Waals surface area contributed by atoms with Crippen molar-refractivity contribution in [3.63, 3.8) is 0 Å². The van der Waals surface area contributed by atoms with Crippen LogP contribution in [0.3, 0.4) is 0 Å². The maximum absolute atomic E-state index is 10.3. The molecule has 0 fully saturated rings. The smallest absolute Gasteiger partial charge is 0.144 e. The van der Waals surface area contributed by atoms with Crippen molar-refractivity contribution in [2.45, 2.75) is 12.8 Å². The first-order chi connectivity index (χ1) is 7.24. The summed E-state index contributed by atoms with van der Waals surface area (Å²) < 4.78 is 10.3. The lowest BCUT2D eigenvalue weighted by atomic mass is 10.1. The minimum Gasteiger partial charge on any atom is -0.495 e. The molecular weight excluding hydrogens is 216 g/mol. The quantitative estimate of drug-likeness (QED) is 0.727. The molecule has 0 aliphatic carbocycles. The highest BCUT2D eigenvalue weighted by molar-refractivity contribution is 6.33. The summed E-state index contributed by atoms with van der Waals surface area (Å²) >= 11 is 6.05. The Balaban J connectivity index is 3.06. The number of rotatable bonds is 5. The van der Waals surface area contributed by atoms with Gasteiger partial charge in [0, 0.05) is 6.42 Å². The minimum atomic E-state index is 0.448. The lowest BCUT2D eigenvalue weighted by Gasteiger charge is -2.12. The molecule has 0 amide bonds. The summed E-state index contributed by atoms with van der Waals surface area (Å²) in [6.45, 7) is 0. The molecule has 0 N–H and O–H groups in total. The highest BCUT2D eigenvalue weighted by atomic mass is 35.5. The average Bonchev–Trinajstić information content (AvgIpc) is 2.26. The topological polar surface area (TPSA) is 35.5 Å². The first-order valence-electron chi connectivity index (χ1n) is 4.57. The van der Waals surface area contributed by atoms with Gasteiger partial charge in [0.1, 0.15) is 22.8 Å². The number of hydrogen-bond acceptors (Lipinski definition) is 3. The molecule has 1 aromatic rings. The van der Waals surface area contributed by atoms with Crippen molar-refractivity contribution < 1.29 is 14.3 Å². The number of aryl methyl sites for hydroxylation is 1. The first-order valence-corrected chi connectivity index (χ1v) is 4.95. The molecular formula is C11H13ClO3. The number of carbonyl (C=O) groups excluding carboxylic acids is 1. The first kappa shape index (κ1) is 11.9. The summed E-state index contributed by atoms with van der Waals surface area (Å²) in [6.07, 6.45) is 1.95. The summed E-state index contributed by atoms with van der Waals surface area (Å²) in [6, 6.07) is 3.62. The van der Waals surface area contributed by atoms with Crippen LogP contribution in [0.15, 0.2) is 12.1 Å². The third-order valence-electron chi connectivity index (χ3n) is 2.10. The molecule has 0 bridgehead atoms. The van der Waals surface area contributed by atoms with E-state index >= 15 is 0 Å². The Morgan fingerprint density at radius 1 is 1.33 bits per heavy atom. The lowest BCUT2D eigenvalue weighted by molar-refractivity contribution is -0.107. The molecule has 0 aliphatic rings. The van der Waals surface area contributed by atoms with E-state index in [1.165, 1.54) is 0 Å². The van der Waals surface area contributed by atoms with Gasteiger partial charge in [-0.2, -0.15) is 0 Å². The zero-order valence-electron chi connectivity index (χ0n) is 8.75. The van der Waals surface area contributed by atoms with Gasteiger partial charge in [0.2, 0.25) is 0 Å². The molecule has 0 heterocycles. The maximum atomic E-state index is 10.3. The molecule has 0 atom stereocenters. The van der Waals surface area contributed by atoms with Crippen molar-refractivity contribution >= 4 is 17.9 Å². The van der Waals surface area contributed by atoms with Crippen LogP contribution in [0.1, 0.15) is 12.0 Å². The van der Waals surface area contributed by atoms with Gasteiger partial charge in [-0.25, -0.2) is 0 Å². The SMILES string of the molecule is COc1ccc(CCC=O)c(OC)c1Cl. The second-order valence-corrected chi connectivity index (χ2v) is 3.36. The van der Waals surface area contributed by atoms with Crippen LogP contribution in [0.25, 0.3) is 0 Å². The second-order valence-electron chi connectivity index (χ2n) is 2.98. The summed E-state index contributed by atoms with van der Waals surface area (Å²) in [4.78, 5) is 10.3. The van der Waals surface area contributed by atoms with E-state index in [4.69, 9.17) is 21.1 Å². The van der Waals surface area contributed by atoms with Gasteiger partial charge in [0.05, 0.1) is 14.2 Å². The van der Waals surface area contributed by atoms with Gasteiger partial charge in [-0.3, -0.25) is 0 Å². The fraction of sp³-hybridized carbons (Fsp3) is 0.364. The summed E-state index contributed by atoms with van der Waals surface area (Å²) in [5, 5.41) is 0.448. The van der Waals surface area contributed by atoms with Crippen LogP contribution in [0.5, 0.6) is 11.5 Å². The van der Waals surface area contributed by atoms with Crippen molar-refractivity contribution in [3.8, 4) is 11.5 Å². The van der Waals surface area contributed by atoms with Crippen molar-refractivity contribution in [3.05, 3.63) is 22.7 Å². The normalized spacial score (nSPS) is 9.80. The van der Waals surface area contributed by atoms with Gasteiger partial charge in [0.15, 0.2) is 0 Å². The Kier molecular flexibility index (Phi) is 4.43. The number of methoxy groups -OCH3 is 2. The van der Waals surface area contributed by atoms with Gasteiger partial charge < -0.3 is 14.3 Å². The molecule has 0 saturated carbocycles. The van der Waals surface area contributed by atoms with Gasteiger partial charge in [-0.15, -0.1) is 0 Å². The van der Waals surface area contributed by atoms with Crippen LogP contribution < -0.4 is 9.47 Å². The average molecular weight is 229 g/mol. The predicted molar refractivity (Wildman–Crippen MR) is 58.9 cm³/mol. The molecule has 0 aliphatic heterocycles. The fourth-order valence-corrected chi connectivity index (χ4v) is 1.71. The highest BCUT2D eigenvalue weighted by Gasteiger charge is 2.12. The zero-order chi connectivity index (χ0) is 11.3. The Hall–Kier alpha value is -1.22. The number of hydrogen-bond donors (Lipinski definition) is 0. The summed E-state index contributed by atoms with van der Waals surface area (Å²) in [5.74, 6) is 1.15. The molecule has 0 radical (unpaired) electrons. The number of halogens is 1. The Morgan fingerprint density at radius 2 is 2.07 bits per heavy atom. The van der Waals surface area contributed by atoms with E-state index in [2.05, 4.69) is 0 Å². The van der Waals surface area contributed by atoms with Crippen LogP contribution in [-0.4, -0.2) is 20.5 Å². The Labute approximate surface area is 93.9 Å². The summed E-state index contributed by atoms with van der Waals surface area (Å²) in [5.41, 5.74) is 0.912. The number of carbonyl (C=O) groups is 1. The number of aldehydes is 1. The molecule has 4 heteroatoms. The van der Waals surface area contributed by atoms with Crippen molar-refractivity contribution in [2.24, 2.45) is 0 Å². The predicted octanol–water partition coefficient (Wildman–Crippen LogP) is 2.49. The van der Waals surface area contributed by atoms with Gasteiger partial charge >= 0.3 is 0 Å². The van der Waals surface area contributed by atoms with E-state index in [-0.39, 0.29) is 0 Å². The molecule has 82 valence electrons. The van der Waals surface area contributed by atoms with Crippen LogP contribution in [0, 0.1) is 0 Å². The third-order valence-corrected chi connectivity index (χ3v) is 2.46. The third kappa shape index (κ3) is 2.63. The van der Waals surface area contributed by atoms with Gasteiger partial charge in [-0.1, -0.05) is 17.7 Å². The molecule has 1 rings (SSSR count). The highest BCUT2D eigenvalue weighted by Crippen LogP contribution is 2.37. The van der Waals surface area contributed by atoms with Gasteiger partial charge in [0.25, 0.3) is 0 Å². The van der Waals surface area contributed by atoms with Crippen LogP contribution in [0.2, 0.25) is 5.02 Å². The molecule has 0 saturated heterocycles. The van der Waals surface area contributed by atoms with Crippen molar-refractivity contribution in [1.82, 2.24) is 0 Å². The largest absolute Gasteiger partial charge is 0.495 e. The van der Waals surface area contributed by atoms with E-state index < -0.39 is 0 Å². The second kappa shape index (κ2) is 5.61. The van der Waals surface area contributed by atoms with E-state index in [1.54, 1.807) is 20.3 Å². The molecule has 3 nitrogen and oxygen atoms in total. The Bertz CT molecular complexity index is 350. The lowest BCUT2D eigenvalue weighted by Crippen LogP contribution is -1.96. The maximum Gasteiger partial charge on any atom is 0.144 e. The van der Waals surface area contributed by atoms with Crippen molar-refractivity contribution in [1.29, 1.82) is 0 Å². The number of benzene rings is 1. The molecule has 15 heavy (non-hydrogen) atoms. The van der Waals surface area contributed by atoms with Crippen LogP contribution >= 0.6 is 11.6 Å². The standard InChI is InChI=1S/C11H13ClO3/c1-14-9-6-5-8(4-3-7-13)11(15-2)10(9)12/h5-7H,3-4H2,1-2H3. The molecule has 0 aromatic heterocycles. The minimum absolute atomic E-state index is 0.448. The van der Waals surface area contributed by atoms with E-state index in [9.17, 15) is 4.79 Å². The van der Waals surface area contributed by atoms with E-state index in [0.29, 0.717) is 29.4 Å².